The van der Waals surface area contributed by atoms with E-state index in [1.165, 1.54) is 18.5 Å². The third kappa shape index (κ3) is 3.90. The Hall–Kier alpha value is -1.46. The van der Waals surface area contributed by atoms with Gasteiger partial charge in [-0.25, -0.2) is 0 Å². The summed E-state index contributed by atoms with van der Waals surface area (Å²) >= 11 is 0. The zero-order chi connectivity index (χ0) is 16.2. The summed E-state index contributed by atoms with van der Waals surface area (Å²) in [5.74, 6) is 2.39. The van der Waals surface area contributed by atoms with Gasteiger partial charge in [-0.05, 0) is 25.8 Å². The van der Waals surface area contributed by atoms with E-state index in [1.54, 1.807) is 14.2 Å². The molecule has 0 saturated carbocycles. The Kier molecular flexibility index (Phi) is 5.28. The molecule has 0 spiro atoms. The Morgan fingerprint density at radius 3 is 2.52 bits per heavy atom. The molecule has 0 aromatic heterocycles. The van der Waals surface area contributed by atoms with Crippen LogP contribution in [0.2, 0.25) is 0 Å². The second-order valence-electron chi connectivity index (χ2n) is 6.63. The zero-order valence-corrected chi connectivity index (χ0v) is 14.5. The lowest BCUT2D eigenvalue weighted by Gasteiger charge is -2.27. The smallest absolute Gasteiger partial charge is 0.124 e. The highest BCUT2D eigenvalue weighted by atomic mass is 16.5. The van der Waals surface area contributed by atoms with Crippen LogP contribution in [0.4, 0.5) is 5.69 Å². The molecule has 0 radical (unpaired) electrons. The van der Waals surface area contributed by atoms with Gasteiger partial charge in [-0.2, -0.15) is 0 Å². The molecule has 2 saturated heterocycles. The van der Waals surface area contributed by atoms with Gasteiger partial charge in [-0.3, -0.25) is 0 Å². The van der Waals surface area contributed by atoms with Crippen molar-refractivity contribution in [2.24, 2.45) is 5.92 Å². The van der Waals surface area contributed by atoms with Crippen molar-refractivity contribution in [3.63, 3.8) is 0 Å². The number of benzene rings is 1. The summed E-state index contributed by atoms with van der Waals surface area (Å²) in [6, 6.07) is 6.71. The molecule has 0 bridgehead atoms. The Bertz CT molecular complexity index is 495. The number of methoxy groups -OCH3 is 2. The van der Waals surface area contributed by atoms with E-state index in [2.05, 4.69) is 29.0 Å². The molecule has 0 unspecified atom stereocenters. The molecule has 2 fully saturated rings. The molecule has 0 aliphatic carbocycles. The van der Waals surface area contributed by atoms with Gasteiger partial charge in [0, 0.05) is 56.2 Å². The molecule has 2 heterocycles. The van der Waals surface area contributed by atoms with Crippen molar-refractivity contribution < 1.29 is 14.2 Å². The van der Waals surface area contributed by atoms with Crippen molar-refractivity contribution >= 4 is 5.69 Å². The molecule has 0 amide bonds. The van der Waals surface area contributed by atoms with Gasteiger partial charge < -0.3 is 24.0 Å². The molecule has 1 aromatic rings. The predicted octanol–water partition coefficient (Wildman–Crippen LogP) is 2.25. The second-order valence-corrected chi connectivity index (χ2v) is 6.63. The minimum absolute atomic E-state index is 0.604. The fraction of sp³-hybridized carbons (Fsp3) is 0.667. The van der Waals surface area contributed by atoms with Gasteiger partial charge in [-0.15, -0.1) is 0 Å². The van der Waals surface area contributed by atoms with Crippen LogP contribution in [0.3, 0.4) is 0 Å². The fourth-order valence-electron chi connectivity index (χ4n) is 3.59. The maximum absolute atomic E-state index is 5.50. The number of hydrogen-bond donors (Lipinski definition) is 0. The van der Waals surface area contributed by atoms with Crippen LogP contribution in [-0.2, 0) is 4.74 Å². The van der Waals surface area contributed by atoms with E-state index >= 15 is 0 Å². The third-order valence-corrected chi connectivity index (χ3v) is 5.06. The minimum Gasteiger partial charge on any atom is -0.497 e. The van der Waals surface area contributed by atoms with E-state index in [-0.39, 0.29) is 0 Å². The molecule has 128 valence electrons. The number of hydrogen-bond acceptors (Lipinski definition) is 5. The standard InChI is InChI=1S/C18H28N2O3/c1-19(11-14-5-7-23-13-14)15-4-6-20(12-15)16-8-17(21-2)10-18(9-16)22-3/h8-10,14-15H,4-7,11-13H2,1-3H3/t14-,15-/m1/s1. The summed E-state index contributed by atoms with van der Waals surface area (Å²) in [6.45, 7) is 5.12. The summed E-state index contributed by atoms with van der Waals surface area (Å²) in [4.78, 5) is 4.94. The van der Waals surface area contributed by atoms with Crippen LogP contribution in [0.15, 0.2) is 18.2 Å². The first-order valence-corrected chi connectivity index (χ1v) is 8.45. The van der Waals surface area contributed by atoms with E-state index in [0.717, 1.165) is 44.3 Å². The van der Waals surface area contributed by atoms with Gasteiger partial charge in [0.2, 0.25) is 0 Å². The maximum Gasteiger partial charge on any atom is 0.124 e. The molecular weight excluding hydrogens is 292 g/mol. The summed E-state index contributed by atoms with van der Waals surface area (Å²) in [5, 5.41) is 0. The van der Waals surface area contributed by atoms with Gasteiger partial charge >= 0.3 is 0 Å². The zero-order valence-electron chi connectivity index (χ0n) is 14.5. The Morgan fingerprint density at radius 2 is 1.91 bits per heavy atom. The lowest BCUT2D eigenvalue weighted by Crippen LogP contribution is -2.37. The van der Waals surface area contributed by atoms with Gasteiger partial charge in [0.1, 0.15) is 11.5 Å². The summed E-state index contributed by atoms with van der Waals surface area (Å²) < 4.78 is 16.3. The Labute approximate surface area is 139 Å². The van der Waals surface area contributed by atoms with Crippen molar-refractivity contribution in [2.75, 3.05) is 59.0 Å². The predicted molar refractivity (Wildman–Crippen MR) is 91.7 cm³/mol. The van der Waals surface area contributed by atoms with Crippen LogP contribution < -0.4 is 14.4 Å². The number of ether oxygens (including phenoxy) is 3. The number of rotatable bonds is 6. The molecule has 23 heavy (non-hydrogen) atoms. The van der Waals surface area contributed by atoms with Crippen molar-refractivity contribution in [1.82, 2.24) is 4.90 Å². The van der Waals surface area contributed by atoms with E-state index in [0.29, 0.717) is 12.0 Å². The van der Waals surface area contributed by atoms with E-state index in [4.69, 9.17) is 14.2 Å². The summed E-state index contributed by atoms with van der Waals surface area (Å²) in [6.07, 6.45) is 2.40. The highest BCUT2D eigenvalue weighted by molar-refractivity contribution is 5.56. The van der Waals surface area contributed by atoms with Crippen LogP contribution in [0.1, 0.15) is 12.8 Å². The molecule has 2 aliphatic rings. The SMILES string of the molecule is COc1cc(OC)cc(N2CC[C@@H](N(C)C[C@H]3CCOC3)C2)c1. The maximum atomic E-state index is 5.50. The lowest BCUT2D eigenvalue weighted by molar-refractivity contribution is 0.164. The van der Waals surface area contributed by atoms with Crippen LogP contribution >= 0.6 is 0 Å². The van der Waals surface area contributed by atoms with Gasteiger partial charge in [0.05, 0.1) is 20.8 Å². The third-order valence-electron chi connectivity index (χ3n) is 5.06. The van der Waals surface area contributed by atoms with Crippen LogP contribution in [-0.4, -0.2) is 65.1 Å². The molecule has 2 aliphatic heterocycles. The molecule has 3 rings (SSSR count). The number of nitrogens with zero attached hydrogens (tertiary/aromatic N) is 2. The molecule has 5 nitrogen and oxygen atoms in total. The van der Waals surface area contributed by atoms with Gasteiger partial charge in [0.25, 0.3) is 0 Å². The van der Waals surface area contributed by atoms with Crippen LogP contribution in [0, 0.1) is 5.92 Å². The summed E-state index contributed by atoms with van der Waals surface area (Å²) in [7, 11) is 5.64. The van der Waals surface area contributed by atoms with Crippen molar-refractivity contribution in [3.8, 4) is 11.5 Å². The molecule has 5 heteroatoms. The molecule has 2 atom stereocenters. The number of likely N-dealkylation sites (N-methyl/N-ethyl adjacent to an activating group) is 1. The molecular formula is C18H28N2O3. The van der Waals surface area contributed by atoms with Crippen molar-refractivity contribution in [1.29, 1.82) is 0 Å². The van der Waals surface area contributed by atoms with Gasteiger partial charge in [0.15, 0.2) is 0 Å². The second kappa shape index (κ2) is 7.41. The quantitative estimate of drug-likeness (QED) is 0.803. The highest BCUT2D eigenvalue weighted by Gasteiger charge is 2.28. The molecule has 0 N–H and O–H groups in total. The minimum atomic E-state index is 0.604. The molecule has 1 aromatic carbocycles. The monoisotopic (exact) mass is 320 g/mol. The fourth-order valence-corrected chi connectivity index (χ4v) is 3.59. The highest BCUT2D eigenvalue weighted by Crippen LogP contribution is 2.31. The largest absolute Gasteiger partial charge is 0.497 e. The van der Waals surface area contributed by atoms with E-state index in [1.807, 2.05) is 6.07 Å². The van der Waals surface area contributed by atoms with Crippen LogP contribution in [0.5, 0.6) is 11.5 Å². The summed E-state index contributed by atoms with van der Waals surface area (Å²) in [5.41, 5.74) is 1.18. The van der Waals surface area contributed by atoms with Crippen molar-refractivity contribution in [3.05, 3.63) is 18.2 Å². The first-order valence-electron chi connectivity index (χ1n) is 8.45. The topological polar surface area (TPSA) is 34.2 Å². The number of anilines is 1. The lowest BCUT2D eigenvalue weighted by atomic mass is 10.1. The Morgan fingerprint density at radius 1 is 1.17 bits per heavy atom. The average molecular weight is 320 g/mol. The first kappa shape index (κ1) is 16.4. The van der Waals surface area contributed by atoms with E-state index < -0.39 is 0 Å². The normalized spacial score (nSPS) is 24.4. The Balaban J connectivity index is 1.62. The average Bonchev–Trinajstić information content (AvgIpc) is 3.25. The van der Waals surface area contributed by atoms with Gasteiger partial charge in [-0.1, -0.05) is 0 Å². The van der Waals surface area contributed by atoms with Crippen molar-refractivity contribution in [2.45, 2.75) is 18.9 Å². The van der Waals surface area contributed by atoms with Crippen LogP contribution in [0.25, 0.3) is 0 Å². The van der Waals surface area contributed by atoms with E-state index in [9.17, 15) is 0 Å². The first-order chi connectivity index (χ1) is 11.2.